The molecule has 6 nitrogen and oxygen atoms in total. The molecule has 3 heterocycles. The molecule has 5 aromatic rings. The third kappa shape index (κ3) is 3.35. The fraction of sp³-hybridized carbons (Fsp3) is 0.200. The summed E-state index contributed by atoms with van der Waals surface area (Å²) in [6.07, 6.45) is 0. The lowest BCUT2D eigenvalue weighted by Crippen LogP contribution is -2.43. The van der Waals surface area contributed by atoms with E-state index in [1.54, 1.807) is 0 Å². The number of hydrogen-bond acceptors (Lipinski definition) is 4. The van der Waals surface area contributed by atoms with Gasteiger partial charge in [-0.05, 0) is 43.3 Å². The van der Waals surface area contributed by atoms with E-state index in [0.717, 1.165) is 71.0 Å². The second-order valence-electron chi connectivity index (χ2n) is 8.21. The second kappa shape index (κ2) is 7.25. The molecule has 0 saturated carbocycles. The highest BCUT2D eigenvalue weighted by Gasteiger charge is 2.13. The van der Waals surface area contributed by atoms with Gasteiger partial charge < -0.3 is 20.2 Å². The number of benzene rings is 3. The Labute approximate surface area is 180 Å². The van der Waals surface area contributed by atoms with Crippen LogP contribution in [0.1, 0.15) is 5.56 Å². The van der Waals surface area contributed by atoms with Crippen molar-refractivity contribution < 1.29 is 0 Å². The molecule has 0 amide bonds. The SMILES string of the molecule is Cc1ccc(-c2nc3cc(-c4nc5cc(N6CCNCC6)ccc5[nH]4)ccc3[nH]2)cc1. The zero-order valence-electron chi connectivity index (χ0n) is 17.4. The van der Waals surface area contributed by atoms with E-state index in [0.29, 0.717) is 0 Å². The number of imidazole rings is 2. The number of rotatable bonds is 3. The molecule has 0 bridgehead atoms. The quantitative estimate of drug-likeness (QED) is 0.411. The Morgan fingerprint density at radius 2 is 1.32 bits per heavy atom. The Bertz CT molecular complexity index is 1370. The number of nitrogens with one attached hydrogen (secondary N) is 3. The van der Waals surface area contributed by atoms with Crippen molar-refractivity contribution in [1.82, 2.24) is 25.3 Å². The van der Waals surface area contributed by atoms with Crippen LogP contribution in [0, 0.1) is 6.92 Å². The number of aromatic nitrogens is 4. The topological polar surface area (TPSA) is 72.6 Å². The number of hydrogen-bond donors (Lipinski definition) is 3. The molecule has 31 heavy (non-hydrogen) atoms. The second-order valence-corrected chi connectivity index (χ2v) is 8.21. The molecule has 0 spiro atoms. The van der Waals surface area contributed by atoms with Gasteiger partial charge in [0.15, 0.2) is 0 Å². The summed E-state index contributed by atoms with van der Waals surface area (Å²) in [7, 11) is 0. The van der Waals surface area contributed by atoms with Gasteiger partial charge in [0, 0.05) is 43.0 Å². The summed E-state index contributed by atoms with van der Waals surface area (Å²) in [6.45, 7) is 6.20. The Hall–Kier alpha value is -3.64. The van der Waals surface area contributed by atoms with E-state index in [2.05, 4.69) is 87.8 Å². The molecule has 1 fully saturated rings. The van der Waals surface area contributed by atoms with Crippen LogP contribution >= 0.6 is 0 Å². The molecule has 0 unspecified atom stereocenters. The van der Waals surface area contributed by atoms with Gasteiger partial charge in [-0.25, -0.2) is 9.97 Å². The smallest absolute Gasteiger partial charge is 0.138 e. The summed E-state index contributed by atoms with van der Waals surface area (Å²) in [5, 5.41) is 3.40. The Morgan fingerprint density at radius 1 is 0.710 bits per heavy atom. The van der Waals surface area contributed by atoms with Crippen LogP contribution in [0.5, 0.6) is 0 Å². The molecule has 6 heteroatoms. The van der Waals surface area contributed by atoms with Crippen molar-refractivity contribution in [2.45, 2.75) is 6.92 Å². The van der Waals surface area contributed by atoms with E-state index < -0.39 is 0 Å². The first kappa shape index (κ1) is 18.2. The van der Waals surface area contributed by atoms with E-state index in [1.165, 1.54) is 11.3 Å². The molecule has 0 radical (unpaired) electrons. The molecular weight excluding hydrogens is 384 g/mol. The van der Waals surface area contributed by atoms with Crippen LogP contribution in [-0.2, 0) is 0 Å². The summed E-state index contributed by atoms with van der Waals surface area (Å²) < 4.78 is 0. The molecule has 3 aromatic carbocycles. The highest BCUT2D eigenvalue weighted by atomic mass is 15.2. The van der Waals surface area contributed by atoms with E-state index in [-0.39, 0.29) is 0 Å². The van der Waals surface area contributed by atoms with Gasteiger partial charge in [0.2, 0.25) is 0 Å². The summed E-state index contributed by atoms with van der Waals surface area (Å²) in [4.78, 5) is 19.0. The summed E-state index contributed by atoms with van der Waals surface area (Å²) in [5.41, 5.74) is 8.61. The number of anilines is 1. The van der Waals surface area contributed by atoms with Gasteiger partial charge >= 0.3 is 0 Å². The largest absolute Gasteiger partial charge is 0.369 e. The Morgan fingerprint density at radius 3 is 2.06 bits per heavy atom. The molecular formula is C25H24N6. The van der Waals surface area contributed by atoms with Crippen LogP contribution in [-0.4, -0.2) is 46.1 Å². The lowest BCUT2D eigenvalue weighted by atomic mass is 10.1. The van der Waals surface area contributed by atoms with Crippen molar-refractivity contribution in [1.29, 1.82) is 0 Å². The van der Waals surface area contributed by atoms with Crippen LogP contribution in [0.4, 0.5) is 5.69 Å². The standard InChI is InChI=1S/C25H24N6/c1-16-2-4-17(5-3-16)24-27-20-8-6-18(14-22(20)29-24)25-28-21-9-7-19(15-23(21)30-25)31-12-10-26-11-13-31/h2-9,14-15,26H,10-13H2,1H3,(H,27,29)(H,28,30). The van der Waals surface area contributed by atoms with E-state index in [4.69, 9.17) is 9.97 Å². The van der Waals surface area contributed by atoms with Gasteiger partial charge in [0.05, 0.1) is 22.1 Å². The number of aromatic amines is 2. The normalized spacial score (nSPS) is 14.5. The van der Waals surface area contributed by atoms with Crippen LogP contribution in [0.15, 0.2) is 60.7 Å². The average molecular weight is 409 g/mol. The highest BCUT2D eigenvalue weighted by molar-refractivity contribution is 5.87. The lowest BCUT2D eigenvalue weighted by Gasteiger charge is -2.29. The zero-order chi connectivity index (χ0) is 20.8. The number of fused-ring (bicyclic) bond motifs is 2. The maximum atomic E-state index is 4.88. The predicted molar refractivity (Wildman–Crippen MR) is 126 cm³/mol. The maximum absolute atomic E-state index is 4.88. The molecule has 1 aliphatic heterocycles. The van der Waals surface area contributed by atoms with Crippen LogP contribution in [0.2, 0.25) is 0 Å². The summed E-state index contributed by atoms with van der Waals surface area (Å²) in [5.74, 6) is 1.76. The average Bonchev–Trinajstić information content (AvgIpc) is 3.43. The van der Waals surface area contributed by atoms with Crippen molar-refractivity contribution in [2.24, 2.45) is 0 Å². The minimum Gasteiger partial charge on any atom is -0.369 e. The fourth-order valence-electron chi connectivity index (χ4n) is 4.25. The van der Waals surface area contributed by atoms with E-state index >= 15 is 0 Å². The number of piperazine rings is 1. The first-order valence-corrected chi connectivity index (χ1v) is 10.8. The minimum absolute atomic E-state index is 0.870. The van der Waals surface area contributed by atoms with Gasteiger partial charge in [-0.15, -0.1) is 0 Å². The van der Waals surface area contributed by atoms with Gasteiger partial charge in [-0.1, -0.05) is 29.8 Å². The van der Waals surface area contributed by atoms with Crippen LogP contribution < -0.4 is 10.2 Å². The highest BCUT2D eigenvalue weighted by Crippen LogP contribution is 2.28. The van der Waals surface area contributed by atoms with Gasteiger partial charge in [-0.2, -0.15) is 0 Å². The molecule has 1 aliphatic rings. The van der Waals surface area contributed by atoms with Gasteiger partial charge in [0.25, 0.3) is 0 Å². The van der Waals surface area contributed by atoms with Crippen molar-refractivity contribution in [3.8, 4) is 22.8 Å². The maximum Gasteiger partial charge on any atom is 0.138 e. The van der Waals surface area contributed by atoms with Crippen molar-refractivity contribution in [3.05, 3.63) is 66.2 Å². The number of H-pyrrole nitrogens is 2. The molecule has 0 atom stereocenters. The van der Waals surface area contributed by atoms with Crippen molar-refractivity contribution >= 4 is 27.8 Å². The van der Waals surface area contributed by atoms with Gasteiger partial charge in [-0.3, -0.25) is 0 Å². The third-order valence-corrected chi connectivity index (χ3v) is 6.03. The van der Waals surface area contributed by atoms with Gasteiger partial charge in [0.1, 0.15) is 11.6 Å². The minimum atomic E-state index is 0.870. The van der Waals surface area contributed by atoms with Crippen molar-refractivity contribution in [2.75, 3.05) is 31.1 Å². The molecule has 0 aliphatic carbocycles. The summed E-state index contributed by atoms with van der Waals surface area (Å²) in [6, 6.07) is 21.2. The third-order valence-electron chi connectivity index (χ3n) is 6.03. The van der Waals surface area contributed by atoms with Crippen molar-refractivity contribution in [3.63, 3.8) is 0 Å². The number of aryl methyl sites for hydroxylation is 1. The van der Waals surface area contributed by atoms with E-state index in [9.17, 15) is 0 Å². The Kier molecular flexibility index (Phi) is 4.25. The lowest BCUT2D eigenvalue weighted by molar-refractivity contribution is 0.589. The molecule has 6 rings (SSSR count). The zero-order valence-corrected chi connectivity index (χ0v) is 17.4. The molecule has 3 N–H and O–H groups in total. The van der Waals surface area contributed by atoms with Crippen LogP contribution in [0.3, 0.4) is 0 Å². The monoisotopic (exact) mass is 408 g/mol. The first-order chi connectivity index (χ1) is 15.2. The number of nitrogens with zero attached hydrogens (tertiary/aromatic N) is 3. The first-order valence-electron chi connectivity index (χ1n) is 10.8. The summed E-state index contributed by atoms with van der Waals surface area (Å²) >= 11 is 0. The fourth-order valence-corrected chi connectivity index (χ4v) is 4.25. The Balaban J connectivity index is 1.35. The molecule has 2 aromatic heterocycles. The van der Waals surface area contributed by atoms with Crippen LogP contribution in [0.25, 0.3) is 44.8 Å². The predicted octanol–water partition coefficient (Wildman–Crippen LogP) is 4.49. The van der Waals surface area contributed by atoms with E-state index in [1.807, 2.05) is 0 Å². The molecule has 154 valence electrons. The molecule has 1 saturated heterocycles.